The van der Waals surface area contributed by atoms with Crippen LogP contribution in [-0.2, 0) is 22.3 Å². The van der Waals surface area contributed by atoms with Gasteiger partial charge in [0, 0.05) is 25.3 Å². The molecule has 1 unspecified atom stereocenters. The van der Waals surface area contributed by atoms with Crippen LogP contribution in [0.15, 0.2) is 59.6 Å². The van der Waals surface area contributed by atoms with Crippen LogP contribution in [0.5, 0.6) is 5.75 Å². The van der Waals surface area contributed by atoms with Crippen LogP contribution >= 0.6 is 11.3 Å². The number of ether oxygens (including phenoxy) is 2. The van der Waals surface area contributed by atoms with E-state index in [4.69, 9.17) is 14.5 Å². The molecule has 1 N–H and O–H groups in total. The Bertz CT molecular complexity index is 1610. The average molecular weight is 541 g/mol. The zero-order valence-electron chi connectivity index (χ0n) is 20.0. The maximum absolute atomic E-state index is 14.5. The van der Waals surface area contributed by atoms with Gasteiger partial charge in [-0.05, 0) is 55.0 Å². The highest BCUT2D eigenvalue weighted by Crippen LogP contribution is 2.37. The fourth-order valence-corrected chi connectivity index (χ4v) is 5.72. The fourth-order valence-electron chi connectivity index (χ4n) is 3.82. The number of fused-ring (bicyclic) bond motifs is 2. The van der Waals surface area contributed by atoms with E-state index in [1.807, 2.05) is 19.1 Å². The number of rotatable bonds is 9. The highest BCUT2D eigenvalue weighted by atomic mass is 32.2. The topological polar surface area (TPSA) is 86.2 Å². The SMILES string of the molecule is COCc1cnc2c(-c3nc4c(C)cc(OCCNS(=O)c5ccc(F)cc5)cc4s3)cc(F)cc2n1. The second kappa shape index (κ2) is 10.9. The Morgan fingerprint density at radius 2 is 1.84 bits per heavy atom. The Labute approximate surface area is 218 Å². The molecule has 0 saturated heterocycles. The van der Waals surface area contributed by atoms with Gasteiger partial charge in [-0.2, -0.15) is 0 Å². The highest BCUT2D eigenvalue weighted by Gasteiger charge is 2.16. The molecule has 37 heavy (non-hydrogen) atoms. The van der Waals surface area contributed by atoms with Crippen molar-refractivity contribution in [2.45, 2.75) is 18.4 Å². The minimum Gasteiger partial charge on any atom is -0.492 e. The van der Waals surface area contributed by atoms with E-state index in [1.54, 1.807) is 13.3 Å². The summed E-state index contributed by atoms with van der Waals surface area (Å²) in [4.78, 5) is 14.2. The van der Waals surface area contributed by atoms with Crippen LogP contribution in [0, 0.1) is 18.6 Å². The summed E-state index contributed by atoms with van der Waals surface area (Å²) in [6.45, 7) is 2.82. The van der Waals surface area contributed by atoms with Gasteiger partial charge >= 0.3 is 0 Å². The van der Waals surface area contributed by atoms with Crippen LogP contribution in [-0.4, -0.2) is 39.4 Å². The molecule has 2 heterocycles. The highest BCUT2D eigenvalue weighted by molar-refractivity contribution is 7.83. The van der Waals surface area contributed by atoms with Gasteiger partial charge in [0.1, 0.15) is 40.0 Å². The van der Waals surface area contributed by atoms with Crippen molar-refractivity contribution in [2.24, 2.45) is 0 Å². The van der Waals surface area contributed by atoms with E-state index in [-0.39, 0.29) is 19.0 Å². The van der Waals surface area contributed by atoms with E-state index in [2.05, 4.69) is 14.7 Å². The Kier molecular flexibility index (Phi) is 7.47. The number of nitrogens with one attached hydrogen (secondary N) is 1. The van der Waals surface area contributed by atoms with Crippen molar-refractivity contribution in [2.75, 3.05) is 20.3 Å². The molecule has 190 valence electrons. The summed E-state index contributed by atoms with van der Waals surface area (Å²) in [6.07, 6.45) is 1.62. The largest absolute Gasteiger partial charge is 0.492 e. The van der Waals surface area contributed by atoms with Crippen molar-refractivity contribution in [3.63, 3.8) is 0 Å². The van der Waals surface area contributed by atoms with Gasteiger partial charge in [-0.25, -0.2) is 27.7 Å². The van der Waals surface area contributed by atoms with Crippen molar-refractivity contribution < 1.29 is 22.5 Å². The first kappa shape index (κ1) is 25.3. The van der Waals surface area contributed by atoms with E-state index < -0.39 is 16.8 Å². The normalized spacial score (nSPS) is 12.3. The first-order chi connectivity index (χ1) is 17.9. The van der Waals surface area contributed by atoms with Crippen LogP contribution in [0.2, 0.25) is 0 Å². The van der Waals surface area contributed by atoms with Gasteiger partial charge in [0.05, 0.1) is 44.6 Å². The van der Waals surface area contributed by atoms with Gasteiger partial charge in [-0.3, -0.25) is 4.98 Å². The molecule has 2 aromatic heterocycles. The minimum atomic E-state index is -1.46. The number of nitrogens with zero attached hydrogens (tertiary/aromatic N) is 3. The molecular formula is C26H22F2N4O3S2. The van der Waals surface area contributed by atoms with E-state index in [9.17, 15) is 13.0 Å². The van der Waals surface area contributed by atoms with Crippen LogP contribution in [0.3, 0.4) is 0 Å². The third-order valence-electron chi connectivity index (χ3n) is 5.47. The van der Waals surface area contributed by atoms with Crippen molar-refractivity contribution in [1.29, 1.82) is 0 Å². The number of thiazole rings is 1. The third-order valence-corrected chi connectivity index (χ3v) is 7.68. The summed E-state index contributed by atoms with van der Waals surface area (Å²) in [7, 11) is 0.101. The van der Waals surface area contributed by atoms with Gasteiger partial charge in [-0.1, -0.05) is 0 Å². The first-order valence-corrected chi connectivity index (χ1v) is 13.3. The summed E-state index contributed by atoms with van der Waals surface area (Å²) in [5, 5.41) is 0.630. The predicted molar refractivity (Wildman–Crippen MR) is 140 cm³/mol. The van der Waals surface area contributed by atoms with E-state index in [0.29, 0.717) is 44.5 Å². The number of aryl methyl sites for hydroxylation is 1. The zero-order valence-corrected chi connectivity index (χ0v) is 21.6. The zero-order chi connectivity index (χ0) is 25.9. The van der Waals surface area contributed by atoms with Crippen LogP contribution < -0.4 is 9.46 Å². The number of halogens is 2. The van der Waals surface area contributed by atoms with Crippen LogP contribution in [0.1, 0.15) is 11.3 Å². The van der Waals surface area contributed by atoms with Gasteiger partial charge in [0.15, 0.2) is 0 Å². The number of methoxy groups -OCH3 is 1. The maximum Gasteiger partial charge on any atom is 0.126 e. The minimum absolute atomic E-state index is 0.275. The van der Waals surface area contributed by atoms with Gasteiger partial charge in [0.2, 0.25) is 0 Å². The summed E-state index contributed by atoms with van der Waals surface area (Å²) < 4.78 is 54.5. The number of hydrogen-bond acceptors (Lipinski definition) is 7. The second-order valence-electron chi connectivity index (χ2n) is 8.19. The molecule has 0 aliphatic rings. The Morgan fingerprint density at radius 3 is 2.62 bits per heavy atom. The molecule has 0 fully saturated rings. The second-order valence-corrected chi connectivity index (χ2v) is 10.5. The molecule has 0 spiro atoms. The molecule has 0 aliphatic heterocycles. The first-order valence-electron chi connectivity index (χ1n) is 11.3. The molecule has 11 heteroatoms. The molecule has 5 aromatic rings. The van der Waals surface area contributed by atoms with Gasteiger partial charge in [-0.15, -0.1) is 11.3 Å². The molecule has 3 aromatic carbocycles. The Morgan fingerprint density at radius 1 is 1.03 bits per heavy atom. The summed E-state index contributed by atoms with van der Waals surface area (Å²) in [5.74, 6) is -0.157. The molecular weight excluding hydrogens is 518 g/mol. The number of benzene rings is 3. The fraction of sp³-hybridized carbons (Fsp3) is 0.192. The van der Waals surface area contributed by atoms with Gasteiger partial charge < -0.3 is 9.47 Å². The lowest BCUT2D eigenvalue weighted by molar-refractivity contribution is 0.181. The van der Waals surface area contributed by atoms with Crippen LogP contribution in [0.4, 0.5) is 8.78 Å². The van der Waals surface area contributed by atoms with Crippen molar-refractivity contribution in [3.05, 3.63) is 77.6 Å². The molecule has 0 amide bonds. The smallest absolute Gasteiger partial charge is 0.126 e. The lowest BCUT2D eigenvalue weighted by atomic mass is 10.1. The molecule has 0 saturated carbocycles. The van der Waals surface area contributed by atoms with Crippen molar-refractivity contribution in [1.82, 2.24) is 19.7 Å². The quantitative estimate of drug-likeness (QED) is 0.254. The maximum atomic E-state index is 14.5. The third kappa shape index (κ3) is 5.64. The molecule has 1 atom stereocenters. The number of aromatic nitrogens is 3. The van der Waals surface area contributed by atoms with Crippen molar-refractivity contribution in [3.8, 4) is 16.3 Å². The molecule has 0 aliphatic carbocycles. The molecule has 7 nitrogen and oxygen atoms in total. The van der Waals surface area contributed by atoms with E-state index in [1.165, 1.54) is 47.7 Å². The Balaban J connectivity index is 1.34. The summed E-state index contributed by atoms with van der Waals surface area (Å²) in [6, 6.07) is 12.0. The monoisotopic (exact) mass is 540 g/mol. The molecule has 0 radical (unpaired) electrons. The van der Waals surface area contributed by atoms with E-state index >= 15 is 0 Å². The Hall–Kier alpha value is -3.38. The van der Waals surface area contributed by atoms with Crippen LogP contribution in [0.25, 0.3) is 31.8 Å². The summed E-state index contributed by atoms with van der Waals surface area (Å²) >= 11 is 1.41. The lowest BCUT2D eigenvalue weighted by Crippen LogP contribution is -2.23. The van der Waals surface area contributed by atoms with Gasteiger partial charge in [0.25, 0.3) is 0 Å². The number of hydrogen-bond donors (Lipinski definition) is 1. The lowest BCUT2D eigenvalue weighted by Gasteiger charge is -2.08. The summed E-state index contributed by atoms with van der Waals surface area (Å²) in [5.41, 5.74) is 3.90. The average Bonchev–Trinajstić information content (AvgIpc) is 3.31. The molecule has 0 bridgehead atoms. The van der Waals surface area contributed by atoms with Crippen molar-refractivity contribution >= 4 is 43.6 Å². The predicted octanol–water partition coefficient (Wildman–Crippen LogP) is 5.33. The van der Waals surface area contributed by atoms with E-state index in [0.717, 1.165) is 15.8 Å². The standard InChI is InChI=1S/C26H22F2N4O3S2/c1-15-9-19(35-8-7-30-37(33)20-5-3-16(27)4-6-20)12-23-24(15)32-26(36-23)21-10-17(28)11-22-25(21)29-13-18(31-22)14-34-2/h3-6,9-13,30H,7-8,14H2,1-2H3. The molecule has 5 rings (SSSR count).